The predicted molar refractivity (Wildman–Crippen MR) is 85.3 cm³/mol. The van der Waals surface area contributed by atoms with Crippen molar-refractivity contribution in [3.8, 4) is 11.5 Å². The number of aliphatic carboxylic acids is 1. The molecule has 0 spiro atoms. The summed E-state index contributed by atoms with van der Waals surface area (Å²) in [5.41, 5.74) is 7.87. The molecule has 1 aromatic carbocycles. The Kier molecular flexibility index (Phi) is 5.92. The molecule has 0 saturated heterocycles. The second-order valence-corrected chi connectivity index (χ2v) is 6.97. The molecular formula is C15H23NO4S. The Labute approximate surface area is 129 Å². The maximum absolute atomic E-state index is 11.0. The molecule has 0 unspecified atom stereocenters. The molecule has 0 radical (unpaired) electrons. The summed E-state index contributed by atoms with van der Waals surface area (Å²) in [6, 6.07) is 2.92. The number of rotatable bonds is 7. The Morgan fingerprint density at radius 3 is 2.33 bits per heavy atom. The molecule has 6 heteroatoms. The molecule has 1 rings (SSSR count). The summed E-state index contributed by atoms with van der Waals surface area (Å²) in [5, 5.41) is 9.05. The summed E-state index contributed by atoms with van der Waals surface area (Å²) in [6.07, 6.45) is 0. The lowest BCUT2D eigenvalue weighted by atomic mass is 10.1. The van der Waals surface area contributed by atoms with E-state index >= 15 is 0 Å². The summed E-state index contributed by atoms with van der Waals surface area (Å²) >= 11 is 1.51. The molecule has 0 bridgehead atoms. The van der Waals surface area contributed by atoms with E-state index in [1.807, 2.05) is 32.9 Å². The Bertz CT molecular complexity index is 517. The summed E-state index contributed by atoms with van der Waals surface area (Å²) < 4.78 is 9.99. The second kappa shape index (κ2) is 7.04. The molecule has 0 amide bonds. The molecule has 0 aromatic heterocycles. The largest absolute Gasteiger partial charge is 0.493 e. The predicted octanol–water partition coefficient (Wildman–Crippen LogP) is 2.44. The van der Waals surface area contributed by atoms with Gasteiger partial charge < -0.3 is 20.3 Å². The molecule has 0 aliphatic heterocycles. The van der Waals surface area contributed by atoms with Crippen molar-refractivity contribution < 1.29 is 19.4 Å². The van der Waals surface area contributed by atoms with Gasteiger partial charge in [-0.05, 0) is 44.0 Å². The van der Waals surface area contributed by atoms with Gasteiger partial charge in [0.1, 0.15) is 6.04 Å². The number of carbonyl (C=O) groups is 1. The average Bonchev–Trinajstić information content (AvgIpc) is 2.44. The molecule has 1 aromatic rings. The third kappa shape index (κ3) is 4.28. The SMILES string of the molecule is COc1cc(C)c(CSC(C)(C)[C@H](N)C(=O)O)cc1OC. The molecule has 0 fully saturated rings. The van der Waals surface area contributed by atoms with Gasteiger partial charge in [-0.1, -0.05) is 0 Å². The third-order valence-corrected chi connectivity index (χ3v) is 4.91. The first-order chi connectivity index (χ1) is 9.72. The van der Waals surface area contributed by atoms with Gasteiger partial charge in [-0.2, -0.15) is 0 Å². The van der Waals surface area contributed by atoms with E-state index in [4.69, 9.17) is 20.3 Å². The van der Waals surface area contributed by atoms with E-state index in [1.54, 1.807) is 14.2 Å². The van der Waals surface area contributed by atoms with Gasteiger partial charge >= 0.3 is 5.97 Å². The first-order valence-electron chi connectivity index (χ1n) is 6.56. The number of aryl methyl sites for hydroxylation is 1. The Morgan fingerprint density at radius 1 is 1.33 bits per heavy atom. The first kappa shape index (κ1) is 17.7. The minimum absolute atomic E-state index is 0.564. The van der Waals surface area contributed by atoms with Crippen LogP contribution in [0.5, 0.6) is 11.5 Å². The second-order valence-electron chi connectivity index (χ2n) is 5.34. The van der Waals surface area contributed by atoms with Crippen LogP contribution in [-0.4, -0.2) is 36.1 Å². The lowest BCUT2D eigenvalue weighted by molar-refractivity contribution is -0.139. The summed E-state index contributed by atoms with van der Waals surface area (Å²) in [7, 11) is 3.19. The van der Waals surface area contributed by atoms with E-state index < -0.39 is 16.8 Å². The third-order valence-electron chi connectivity index (χ3n) is 3.46. The van der Waals surface area contributed by atoms with Crippen molar-refractivity contribution in [3.05, 3.63) is 23.3 Å². The van der Waals surface area contributed by atoms with E-state index in [9.17, 15) is 4.79 Å². The van der Waals surface area contributed by atoms with E-state index in [0.717, 1.165) is 11.1 Å². The highest BCUT2D eigenvalue weighted by Crippen LogP contribution is 2.35. The van der Waals surface area contributed by atoms with Gasteiger partial charge in [-0.25, -0.2) is 0 Å². The van der Waals surface area contributed by atoms with Crippen LogP contribution in [0.15, 0.2) is 12.1 Å². The highest BCUT2D eigenvalue weighted by Gasteiger charge is 2.32. The zero-order valence-corrected chi connectivity index (χ0v) is 13.9. The smallest absolute Gasteiger partial charge is 0.321 e. The van der Waals surface area contributed by atoms with Crippen molar-refractivity contribution in [1.82, 2.24) is 0 Å². The summed E-state index contributed by atoms with van der Waals surface area (Å²) in [5.74, 6) is 1.01. The number of benzene rings is 1. The average molecular weight is 313 g/mol. The van der Waals surface area contributed by atoms with E-state index in [0.29, 0.717) is 17.3 Å². The monoisotopic (exact) mass is 313 g/mol. The van der Waals surface area contributed by atoms with Crippen molar-refractivity contribution >= 4 is 17.7 Å². The fourth-order valence-electron chi connectivity index (χ4n) is 1.83. The van der Waals surface area contributed by atoms with Crippen molar-refractivity contribution in [2.24, 2.45) is 5.73 Å². The topological polar surface area (TPSA) is 81.8 Å². The van der Waals surface area contributed by atoms with Crippen molar-refractivity contribution in [2.45, 2.75) is 37.3 Å². The zero-order chi connectivity index (χ0) is 16.2. The van der Waals surface area contributed by atoms with Gasteiger partial charge in [-0.3, -0.25) is 4.79 Å². The fourth-order valence-corrected chi connectivity index (χ4v) is 2.95. The van der Waals surface area contributed by atoms with Gasteiger partial charge in [0.25, 0.3) is 0 Å². The number of ether oxygens (including phenoxy) is 2. The lowest BCUT2D eigenvalue weighted by Crippen LogP contribution is -2.46. The number of carboxylic acid groups (broad SMARTS) is 1. The number of thioether (sulfide) groups is 1. The van der Waals surface area contributed by atoms with Gasteiger partial charge in [-0.15, -0.1) is 11.8 Å². The first-order valence-corrected chi connectivity index (χ1v) is 7.55. The van der Waals surface area contributed by atoms with Crippen LogP contribution in [0, 0.1) is 6.92 Å². The quantitative estimate of drug-likeness (QED) is 0.804. The van der Waals surface area contributed by atoms with E-state index in [1.165, 1.54) is 11.8 Å². The molecule has 0 heterocycles. The van der Waals surface area contributed by atoms with Crippen molar-refractivity contribution in [1.29, 1.82) is 0 Å². The van der Waals surface area contributed by atoms with Crippen LogP contribution >= 0.6 is 11.8 Å². The van der Waals surface area contributed by atoms with Crippen LogP contribution in [0.4, 0.5) is 0 Å². The summed E-state index contributed by atoms with van der Waals surface area (Å²) in [4.78, 5) is 11.0. The minimum atomic E-state index is -0.989. The van der Waals surface area contributed by atoms with Crippen LogP contribution in [0.3, 0.4) is 0 Å². The van der Waals surface area contributed by atoms with Crippen LogP contribution < -0.4 is 15.2 Å². The number of hydrogen-bond acceptors (Lipinski definition) is 5. The standard InChI is InChI=1S/C15H23NO4S/c1-9-6-11(19-4)12(20-5)7-10(9)8-21-15(2,3)13(16)14(17)18/h6-7,13H,8,16H2,1-5H3,(H,17,18)/t13-/m1/s1. The summed E-state index contributed by atoms with van der Waals surface area (Å²) in [6.45, 7) is 5.67. The van der Waals surface area contributed by atoms with Gasteiger partial charge in [0.2, 0.25) is 0 Å². The molecule has 21 heavy (non-hydrogen) atoms. The van der Waals surface area contributed by atoms with Crippen LogP contribution in [-0.2, 0) is 10.5 Å². The van der Waals surface area contributed by atoms with Gasteiger partial charge in [0.15, 0.2) is 11.5 Å². The normalized spacial score (nSPS) is 12.9. The lowest BCUT2D eigenvalue weighted by Gasteiger charge is -2.28. The molecule has 1 atom stereocenters. The number of nitrogens with two attached hydrogens (primary N) is 1. The molecule has 118 valence electrons. The van der Waals surface area contributed by atoms with E-state index in [2.05, 4.69) is 0 Å². The van der Waals surface area contributed by atoms with Crippen molar-refractivity contribution in [3.63, 3.8) is 0 Å². The van der Waals surface area contributed by atoms with Crippen LogP contribution in [0.1, 0.15) is 25.0 Å². The number of hydrogen-bond donors (Lipinski definition) is 2. The van der Waals surface area contributed by atoms with Crippen LogP contribution in [0.2, 0.25) is 0 Å². The van der Waals surface area contributed by atoms with Crippen LogP contribution in [0.25, 0.3) is 0 Å². The molecule has 5 nitrogen and oxygen atoms in total. The van der Waals surface area contributed by atoms with E-state index in [-0.39, 0.29) is 0 Å². The molecular weight excluding hydrogens is 290 g/mol. The molecule has 0 aliphatic carbocycles. The fraction of sp³-hybridized carbons (Fsp3) is 0.533. The number of methoxy groups -OCH3 is 2. The van der Waals surface area contributed by atoms with Gasteiger partial charge in [0.05, 0.1) is 14.2 Å². The highest BCUT2D eigenvalue weighted by molar-refractivity contribution is 7.99. The molecule has 0 aliphatic rings. The highest BCUT2D eigenvalue weighted by atomic mass is 32.2. The molecule has 3 N–H and O–H groups in total. The Morgan fingerprint density at radius 2 is 1.86 bits per heavy atom. The number of carboxylic acids is 1. The van der Waals surface area contributed by atoms with Crippen molar-refractivity contribution in [2.75, 3.05) is 14.2 Å². The maximum atomic E-state index is 11.0. The Balaban J connectivity index is 2.91. The Hall–Kier alpha value is -1.40. The zero-order valence-electron chi connectivity index (χ0n) is 13.1. The van der Waals surface area contributed by atoms with Gasteiger partial charge in [0, 0.05) is 10.5 Å². The molecule has 0 saturated carbocycles. The maximum Gasteiger partial charge on any atom is 0.321 e. The minimum Gasteiger partial charge on any atom is -0.493 e.